The van der Waals surface area contributed by atoms with Gasteiger partial charge in [0.2, 0.25) is 0 Å². The van der Waals surface area contributed by atoms with Crippen molar-refractivity contribution in [2.75, 3.05) is 12.9 Å². The van der Waals surface area contributed by atoms with Gasteiger partial charge in [-0.15, -0.1) is 0 Å². The number of fused-ring (bicyclic) bond motifs is 1. The molecule has 0 bridgehead atoms. The molecule has 0 aromatic carbocycles. The number of rotatable bonds is 4. The van der Waals surface area contributed by atoms with Crippen molar-refractivity contribution in [2.45, 2.75) is 6.42 Å². The molecule has 0 atom stereocenters. The first-order valence-corrected chi connectivity index (χ1v) is 7.52. The average Bonchev–Trinajstić information content (AvgIpc) is 2.57. The molecule has 17 heavy (non-hydrogen) atoms. The molecule has 0 aliphatic heterocycles. The lowest BCUT2D eigenvalue weighted by Crippen LogP contribution is -2.06. The van der Waals surface area contributed by atoms with E-state index in [4.69, 9.17) is 0 Å². The maximum atomic E-state index is 10.8. The van der Waals surface area contributed by atoms with E-state index in [2.05, 4.69) is 25.1 Å². The first kappa shape index (κ1) is 12.5. The molecule has 5 nitrogen and oxygen atoms in total. The van der Waals surface area contributed by atoms with Gasteiger partial charge in [0.15, 0.2) is 0 Å². The van der Waals surface area contributed by atoms with Crippen LogP contribution in [-0.2, 0) is 20.7 Å². The molecule has 0 saturated carbocycles. The Morgan fingerprint density at radius 2 is 2.18 bits per heavy atom. The Balaban J connectivity index is 2.09. The summed E-state index contributed by atoms with van der Waals surface area (Å²) in [6.45, 7) is 0.115. The predicted molar refractivity (Wildman–Crippen MR) is 67.4 cm³/mol. The number of aromatic nitrogens is 2. The zero-order chi connectivity index (χ0) is 12.5. The average molecular weight is 319 g/mol. The van der Waals surface area contributed by atoms with Gasteiger partial charge in [-0.1, -0.05) is 0 Å². The molecule has 0 aliphatic rings. The van der Waals surface area contributed by atoms with Gasteiger partial charge in [0.05, 0.1) is 18.6 Å². The van der Waals surface area contributed by atoms with Crippen LogP contribution in [0.4, 0.5) is 0 Å². The molecular weight excluding hydrogens is 308 g/mol. The summed E-state index contributed by atoms with van der Waals surface area (Å²) in [6.07, 6.45) is 5.25. The highest BCUT2D eigenvalue weighted by atomic mass is 79.9. The quantitative estimate of drug-likeness (QED) is 0.804. The minimum atomic E-state index is -3.37. The molecule has 92 valence electrons. The molecule has 2 heterocycles. The Kier molecular flexibility index (Phi) is 3.50. The van der Waals surface area contributed by atoms with Crippen LogP contribution in [-0.4, -0.2) is 30.7 Å². The van der Waals surface area contributed by atoms with Gasteiger partial charge in [-0.25, -0.2) is 4.98 Å². The molecule has 0 spiro atoms. The van der Waals surface area contributed by atoms with E-state index in [1.165, 1.54) is 0 Å². The van der Waals surface area contributed by atoms with Crippen molar-refractivity contribution in [3.8, 4) is 0 Å². The molecule has 0 amide bonds. The second kappa shape index (κ2) is 4.75. The van der Waals surface area contributed by atoms with Crippen LogP contribution in [0.15, 0.2) is 29.0 Å². The zero-order valence-electron chi connectivity index (χ0n) is 9.13. The third-order valence-electron chi connectivity index (χ3n) is 2.12. The van der Waals surface area contributed by atoms with E-state index in [0.717, 1.165) is 22.1 Å². The largest absolute Gasteiger partial charge is 0.306 e. The van der Waals surface area contributed by atoms with Crippen molar-refractivity contribution in [2.24, 2.45) is 0 Å². The van der Waals surface area contributed by atoms with Gasteiger partial charge in [0.25, 0.3) is 10.1 Å². The summed E-state index contributed by atoms with van der Waals surface area (Å²) in [5.74, 6) is 0. The number of nitrogens with zero attached hydrogens (tertiary/aromatic N) is 2. The Bertz CT molecular complexity index is 636. The van der Waals surface area contributed by atoms with Crippen LogP contribution < -0.4 is 0 Å². The van der Waals surface area contributed by atoms with E-state index in [1.54, 1.807) is 0 Å². The maximum absolute atomic E-state index is 10.8. The van der Waals surface area contributed by atoms with Crippen molar-refractivity contribution in [3.05, 3.63) is 34.7 Å². The maximum Gasteiger partial charge on any atom is 0.264 e. The number of pyridine rings is 1. The first-order chi connectivity index (χ1) is 7.94. The SMILES string of the molecule is CS(=O)(=O)OCCc1cn2cc(Br)ccc2n1. The lowest BCUT2D eigenvalue weighted by Gasteiger charge is -1.97. The highest BCUT2D eigenvalue weighted by Gasteiger charge is 2.05. The smallest absolute Gasteiger partial charge is 0.264 e. The van der Waals surface area contributed by atoms with Gasteiger partial charge >= 0.3 is 0 Å². The fraction of sp³-hybridized carbons (Fsp3) is 0.300. The van der Waals surface area contributed by atoms with Crippen LogP contribution in [0.2, 0.25) is 0 Å². The summed E-state index contributed by atoms with van der Waals surface area (Å²) in [5.41, 5.74) is 1.62. The number of hydrogen-bond acceptors (Lipinski definition) is 4. The lowest BCUT2D eigenvalue weighted by molar-refractivity contribution is 0.325. The van der Waals surface area contributed by atoms with E-state index in [1.807, 2.05) is 28.9 Å². The Morgan fingerprint density at radius 1 is 1.41 bits per heavy atom. The molecule has 2 rings (SSSR count). The van der Waals surface area contributed by atoms with E-state index >= 15 is 0 Å². The van der Waals surface area contributed by atoms with Gasteiger partial charge < -0.3 is 4.40 Å². The fourth-order valence-electron chi connectivity index (χ4n) is 1.44. The molecule has 0 radical (unpaired) electrons. The van der Waals surface area contributed by atoms with Gasteiger partial charge in [0.1, 0.15) is 5.65 Å². The van der Waals surface area contributed by atoms with Crippen LogP contribution in [0.25, 0.3) is 5.65 Å². The van der Waals surface area contributed by atoms with Crippen LogP contribution in [0, 0.1) is 0 Å². The minimum Gasteiger partial charge on any atom is -0.306 e. The van der Waals surface area contributed by atoms with Crippen LogP contribution in [0.5, 0.6) is 0 Å². The third-order valence-corrected chi connectivity index (χ3v) is 3.18. The zero-order valence-corrected chi connectivity index (χ0v) is 11.5. The van der Waals surface area contributed by atoms with Gasteiger partial charge in [0, 0.05) is 23.3 Å². The van der Waals surface area contributed by atoms with Gasteiger partial charge in [-0.05, 0) is 28.1 Å². The molecule has 0 saturated heterocycles. The summed E-state index contributed by atoms with van der Waals surface area (Å²) in [4.78, 5) is 4.34. The predicted octanol–water partition coefficient (Wildman–Crippen LogP) is 1.62. The van der Waals surface area contributed by atoms with E-state index in [9.17, 15) is 8.42 Å². The Hall–Kier alpha value is -0.920. The highest BCUT2D eigenvalue weighted by Crippen LogP contribution is 2.12. The van der Waals surface area contributed by atoms with Crippen molar-refractivity contribution in [1.82, 2.24) is 9.38 Å². The topological polar surface area (TPSA) is 60.7 Å². The van der Waals surface area contributed by atoms with Gasteiger partial charge in [-0.3, -0.25) is 4.18 Å². The molecule has 2 aromatic rings. The number of halogens is 1. The fourth-order valence-corrected chi connectivity index (χ4v) is 2.17. The first-order valence-electron chi connectivity index (χ1n) is 4.91. The molecule has 7 heteroatoms. The summed E-state index contributed by atoms with van der Waals surface area (Å²) >= 11 is 3.37. The highest BCUT2D eigenvalue weighted by molar-refractivity contribution is 9.10. The standard InChI is InChI=1S/C10H11BrN2O3S/c1-17(14,15)16-5-4-9-7-13-6-8(11)2-3-10(13)12-9/h2-3,6-7H,4-5H2,1H3. The third kappa shape index (κ3) is 3.52. The molecule has 0 fully saturated rings. The summed E-state index contributed by atoms with van der Waals surface area (Å²) < 4.78 is 29.1. The Morgan fingerprint density at radius 3 is 2.88 bits per heavy atom. The van der Waals surface area contributed by atoms with Crippen LogP contribution in [0.3, 0.4) is 0 Å². The van der Waals surface area contributed by atoms with E-state index in [0.29, 0.717) is 6.42 Å². The van der Waals surface area contributed by atoms with E-state index < -0.39 is 10.1 Å². The summed E-state index contributed by atoms with van der Waals surface area (Å²) in [7, 11) is -3.37. The summed E-state index contributed by atoms with van der Waals surface area (Å²) in [5, 5.41) is 0. The normalized spacial score (nSPS) is 12.1. The monoisotopic (exact) mass is 318 g/mol. The van der Waals surface area contributed by atoms with Gasteiger partial charge in [-0.2, -0.15) is 8.42 Å². The molecular formula is C10H11BrN2O3S. The van der Waals surface area contributed by atoms with Crippen molar-refractivity contribution in [3.63, 3.8) is 0 Å². The summed E-state index contributed by atoms with van der Waals surface area (Å²) in [6, 6.07) is 3.78. The van der Waals surface area contributed by atoms with Crippen LogP contribution in [0.1, 0.15) is 5.69 Å². The van der Waals surface area contributed by atoms with Crippen molar-refractivity contribution in [1.29, 1.82) is 0 Å². The Labute approximate surface area is 108 Å². The molecule has 2 aromatic heterocycles. The lowest BCUT2D eigenvalue weighted by atomic mass is 10.4. The van der Waals surface area contributed by atoms with Crippen LogP contribution >= 0.6 is 15.9 Å². The number of imidazole rings is 1. The van der Waals surface area contributed by atoms with Crippen molar-refractivity contribution >= 4 is 31.7 Å². The number of hydrogen-bond donors (Lipinski definition) is 0. The second-order valence-corrected chi connectivity index (χ2v) is 6.18. The second-order valence-electron chi connectivity index (χ2n) is 3.62. The molecule has 0 aliphatic carbocycles. The van der Waals surface area contributed by atoms with E-state index in [-0.39, 0.29) is 6.61 Å². The molecule has 0 unspecified atom stereocenters. The molecule has 0 N–H and O–H groups in total. The van der Waals surface area contributed by atoms with Crippen molar-refractivity contribution < 1.29 is 12.6 Å². The minimum absolute atomic E-state index is 0.115.